The van der Waals surface area contributed by atoms with Gasteiger partial charge in [-0.25, -0.2) is 0 Å². The summed E-state index contributed by atoms with van der Waals surface area (Å²) in [5.41, 5.74) is 0. The second-order valence-electron chi connectivity index (χ2n) is 3.75. The highest BCUT2D eigenvalue weighted by molar-refractivity contribution is 9.10. The van der Waals surface area contributed by atoms with E-state index in [0.717, 1.165) is 12.3 Å². The van der Waals surface area contributed by atoms with Crippen molar-refractivity contribution >= 4 is 45.4 Å². The Kier molecular flexibility index (Phi) is 5.14. The van der Waals surface area contributed by atoms with E-state index in [-0.39, 0.29) is 5.91 Å². The molecule has 1 amide bonds. The summed E-state index contributed by atoms with van der Waals surface area (Å²) < 4.78 is -0.445. The van der Waals surface area contributed by atoms with Crippen LogP contribution in [0.2, 0.25) is 0 Å². The average molecular weight is 298 g/mol. The first-order valence-electron chi connectivity index (χ1n) is 4.66. The van der Waals surface area contributed by atoms with Crippen molar-refractivity contribution in [3.05, 3.63) is 0 Å². The standard InChI is InChI=1S/C9H16BrNOS2/c1-9(2,10)8(12)11-5-7-6-13-3-4-14-7/h7H,3-6H2,1-2H3,(H,11,12). The van der Waals surface area contributed by atoms with E-state index >= 15 is 0 Å². The smallest absolute Gasteiger partial charge is 0.236 e. The maximum Gasteiger partial charge on any atom is 0.236 e. The first-order valence-corrected chi connectivity index (χ1v) is 7.66. The van der Waals surface area contributed by atoms with Gasteiger partial charge in [-0.15, -0.1) is 0 Å². The van der Waals surface area contributed by atoms with Crippen molar-refractivity contribution in [2.75, 3.05) is 23.8 Å². The predicted octanol–water partition coefficient (Wildman–Crippen LogP) is 2.12. The highest BCUT2D eigenvalue weighted by Gasteiger charge is 2.24. The second-order valence-corrected chi connectivity index (χ2v) is 8.29. The molecule has 0 spiro atoms. The van der Waals surface area contributed by atoms with Gasteiger partial charge in [-0.2, -0.15) is 23.5 Å². The van der Waals surface area contributed by atoms with Crippen LogP contribution in [0.4, 0.5) is 0 Å². The molecule has 1 aliphatic rings. The van der Waals surface area contributed by atoms with Gasteiger partial charge >= 0.3 is 0 Å². The Morgan fingerprint density at radius 1 is 1.57 bits per heavy atom. The zero-order chi connectivity index (χ0) is 10.6. The SMILES string of the molecule is CC(C)(Br)C(=O)NCC1CSCCS1. The lowest BCUT2D eigenvalue weighted by atomic mass is 10.2. The summed E-state index contributed by atoms with van der Waals surface area (Å²) in [6, 6.07) is 0. The van der Waals surface area contributed by atoms with Crippen LogP contribution in [0, 0.1) is 0 Å². The van der Waals surface area contributed by atoms with Crippen LogP contribution in [0.3, 0.4) is 0 Å². The van der Waals surface area contributed by atoms with Crippen LogP contribution in [-0.2, 0) is 4.79 Å². The van der Waals surface area contributed by atoms with Crippen LogP contribution in [0.25, 0.3) is 0 Å². The Morgan fingerprint density at radius 3 is 2.79 bits per heavy atom. The molecule has 1 saturated heterocycles. The third kappa shape index (κ3) is 4.45. The lowest BCUT2D eigenvalue weighted by Gasteiger charge is -2.23. The fourth-order valence-electron chi connectivity index (χ4n) is 1.07. The zero-order valence-electron chi connectivity index (χ0n) is 8.51. The second kappa shape index (κ2) is 5.66. The molecule has 0 aromatic rings. The van der Waals surface area contributed by atoms with Crippen LogP contribution in [0.1, 0.15) is 13.8 Å². The van der Waals surface area contributed by atoms with Crippen LogP contribution >= 0.6 is 39.5 Å². The van der Waals surface area contributed by atoms with E-state index < -0.39 is 4.32 Å². The molecule has 2 nitrogen and oxygen atoms in total. The molecule has 0 aliphatic carbocycles. The van der Waals surface area contributed by atoms with E-state index in [0.29, 0.717) is 5.25 Å². The number of hydrogen-bond acceptors (Lipinski definition) is 3. The van der Waals surface area contributed by atoms with Gasteiger partial charge in [0.25, 0.3) is 0 Å². The number of thioether (sulfide) groups is 2. The molecule has 0 bridgehead atoms. The third-order valence-electron chi connectivity index (χ3n) is 1.92. The van der Waals surface area contributed by atoms with Gasteiger partial charge in [0.15, 0.2) is 0 Å². The highest BCUT2D eigenvalue weighted by Crippen LogP contribution is 2.23. The highest BCUT2D eigenvalue weighted by atomic mass is 79.9. The Hall–Kier alpha value is 0.650. The molecule has 1 fully saturated rings. The number of carbonyl (C=O) groups is 1. The zero-order valence-corrected chi connectivity index (χ0v) is 11.7. The summed E-state index contributed by atoms with van der Waals surface area (Å²) in [6.45, 7) is 4.53. The Balaban J connectivity index is 2.22. The molecule has 0 radical (unpaired) electrons. The molecule has 0 aromatic heterocycles. The van der Waals surface area contributed by atoms with Gasteiger partial charge in [-0.3, -0.25) is 4.79 Å². The summed E-state index contributed by atoms with van der Waals surface area (Å²) in [5.74, 6) is 3.70. The first-order chi connectivity index (χ1) is 6.50. The number of hydrogen-bond donors (Lipinski definition) is 1. The molecule has 1 atom stereocenters. The van der Waals surface area contributed by atoms with Gasteiger partial charge in [0.05, 0.1) is 4.32 Å². The quantitative estimate of drug-likeness (QED) is 0.809. The van der Waals surface area contributed by atoms with Crippen molar-refractivity contribution in [2.45, 2.75) is 23.4 Å². The number of amides is 1. The van der Waals surface area contributed by atoms with E-state index in [1.54, 1.807) is 0 Å². The summed E-state index contributed by atoms with van der Waals surface area (Å²) in [5, 5.41) is 3.56. The van der Waals surface area contributed by atoms with Crippen molar-refractivity contribution in [3.63, 3.8) is 0 Å². The van der Waals surface area contributed by atoms with Crippen LogP contribution in [0.15, 0.2) is 0 Å². The summed E-state index contributed by atoms with van der Waals surface area (Å²) >= 11 is 7.29. The van der Waals surface area contributed by atoms with Crippen molar-refractivity contribution < 1.29 is 4.79 Å². The molecule has 1 rings (SSSR count). The molecule has 0 aromatic carbocycles. The van der Waals surface area contributed by atoms with Gasteiger partial charge in [0.2, 0.25) is 5.91 Å². The minimum atomic E-state index is -0.445. The molecule has 1 heterocycles. The molecule has 82 valence electrons. The summed E-state index contributed by atoms with van der Waals surface area (Å²) in [4.78, 5) is 11.5. The molecule has 1 aliphatic heterocycles. The largest absolute Gasteiger partial charge is 0.354 e. The number of alkyl halides is 1. The summed E-state index contributed by atoms with van der Waals surface area (Å²) in [7, 11) is 0. The third-order valence-corrected chi connectivity index (χ3v) is 5.12. The molecular formula is C9H16BrNOS2. The molecule has 0 saturated carbocycles. The topological polar surface area (TPSA) is 29.1 Å². The van der Waals surface area contributed by atoms with Gasteiger partial charge in [0.1, 0.15) is 0 Å². The summed E-state index contributed by atoms with van der Waals surface area (Å²) in [6.07, 6.45) is 0. The maximum atomic E-state index is 11.5. The first kappa shape index (κ1) is 12.7. The van der Waals surface area contributed by atoms with Gasteiger partial charge < -0.3 is 5.32 Å². The Bertz CT molecular complexity index is 199. The van der Waals surface area contributed by atoms with Crippen LogP contribution in [0.5, 0.6) is 0 Å². The van der Waals surface area contributed by atoms with Crippen LogP contribution < -0.4 is 5.32 Å². The molecule has 1 N–H and O–H groups in total. The van der Waals surface area contributed by atoms with E-state index in [4.69, 9.17) is 0 Å². The Morgan fingerprint density at radius 2 is 2.29 bits per heavy atom. The van der Waals surface area contributed by atoms with E-state index in [9.17, 15) is 4.79 Å². The lowest BCUT2D eigenvalue weighted by Crippen LogP contribution is -2.41. The average Bonchev–Trinajstić information content (AvgIpc) is 2.14. The number of halogens is 1. The molecule has 14 heavy (non-hydrogen) atoms. The Labute approximate surface area is 102 Å². The number of nitrogens with one attached hydrogen (secondary N) is 1. The van der Waals surface area contributed by atoms with Crippen molar-refractivity contribution in [1.82, 2.24) is 5.32 Å². The van der Waals surface area contributed by atoms with Crippen LogP contribution in [-0.4, -0.2) is 39.3 Å². The van der Waals surface area contributed by atoms with Gasteiger partial charge in [-0.05, 0) is 13.8 Å². The fraction of sp³-hybridized carbons (Fsp3) is 0.889. The minimum absolute atomic E-state index is 0.0775. The molecule has 1 unspecified atom stereocenters. The molecular weight excluding hydrogens is 282 g/mol. The van der Waals surface area contributed by atoms with E-state index in [1.165, 1.54) is 11.5 Å². The van der Waals surface area contributed by atoms with Crippen molar-refractivity contribution in [2.24, 2.45) is 0 Å². The van der Waals surface area contributed by atoms with Crippen molar-refractivity contribution in [1.29, 1.82) is 0 Å². The van der Waals surface area contributed by atoms with Gasteiger partial charge in [-0.1, -0.05) is 15.9 Å². The van der Waals surface area contributed by atoms with Crippen molar-refractivity contribution in [3.8, 4) is 0 Å². The molecule has 5 heteroatoms. The number of rotatable bonds is 3. The minimum Gasteiger partial charge on any atom is -0.354 e. The maximum absolute atomic E-state index is 11.5. The monoisotopic (exact) mass is 297 g/mol. The lowest BCUT2D eigenvalue weighted by molar-refractivity contribution is -0.122. The van der Waals surface area contributed by atoms with E-state index in [1.807, 2.05) is 37.4 Å². The van der Waals surface area contributed by atoms with Gasteiger partial charge in [0, 0.05) is 29.1 Å². The predicted molar refractivity (Wildman–Crippen MR) is 69.6 cm³/mol. The normalized spacial score (nSPS) is 23.2. The van der Waals surface area contributed by atoms with E-state index in [2.05, 4.69) is 21.2 Å². The fourth-order valence-corrected chi connectivity index (χ4v) is 3.82. The number of carbonyl (C=O) groups excluding carboxylic acids is 1.